The molecule has 2 amide bonds. The minimum Gasteiger partial charge on any atom is -0.477 e. The number of nitrogens with one attached hydrogen (secondary N) is 1. The number of nitrogens with two attached hydrogens (primary N) is 1. The van der Waals surface area contributed by atoms with Gasteiger partial charge in [0.15, 0.2) is 23.2 Å². The van der Waals surface area contributed by atoms with Crippen LogP contribution >= 0.6 is 50.8 Å². The summed E-state index contributed by atoms with van der Waals surface area (Å²) in [5, 5.41) is 18.2. The molecule has 11 nitrogen and oxygen atoms in total. The number of nitrogen functional groups attached to an aromatic ring is 1. The number of nitrogens with zero attached hydrogens (tertiary/aromatic N) is 4. The van der Waals surface area contributed by atoms with Crippen molar-refractivity contribution in [3.05, 3.63) is 62.8 Å². The summed E-state index contributed by atoms with van der Waals surface area (Å²) in [6.07, 6.45) is 3.88. The van der Waals surface area contributed by atoms with E-state index in [1.54, 1.807) is 5.38 Å². The van der Waals surface area contributed by atoms with Crippen LogP contribution in [0.15, 0.2) is 67.2 Å². The first-order chi connectivity index (χ1) is 18.3. The van der Waals surface area contributed by atoms with Crippen LogP contribution in [0.5, 0.6) is 0 Å². The fraction of sp³-hybridized carbons (Fsp3) is 0.217. The van der Waals surface area contributed by atoms with Gasteiger partial charge in [-0.3, -0.25) is 14.5 Å². The maximum atomic E-state index is 13.1. The molecule has 1 fully saturated rings. The van der Waals surface area contributed by atoms with Crippen LogP contribution in [0.2, 0.25) is 0 Å². The number of thiazole rings is 1. The molecule has 2 aliphatic heterocycles. The van der Waals surface area contributed by atoms with Crippen LogP contribution < -0.4 is 15.5 Å². The van der Waals surface area contributed by atoms with Gasteiger partial charge in [0, 0.05) is 44.9 Å². The average molecular weight is 637 g/mol. The lowest BCUT2D eigenvalue weighted by Crippen LogP contribution is -2.73. The molecule has 0 aliphatic carbocycles. The normalized spacial score (nSPS) is 19.3. The van der Waals surface area contributed by atoms with Crippen molar-refractivity contribution < 1.29 is 28.7 Å². The van der Waals surface area contributed by atoms with Gasteiger partial charge in [0.1, 0.15) is 29.0 Å². The van der Waals surface area contributed by atoms with E-state index in [2.05, 4.69) is 31.4 Å². The summed E-state index contributed by atoms with van der Waals surface area (Å²) in [6, 6.07) is 6.40. The fourth-order valence-corrected chi connectivity index (χ4v) is 7.86. The van der Waals surface area contributed by atoms with Gasteiger partial charge in [0.05, 0.1) is 6.04 Å². The van der Waals surface area contributed by atoms with Crippen molar-refractivity contribution in [3.63, 3.8) is 0 Å². The number of carboxylic acids is 1. The topological polar surface area (TPSA) is 151 Å². The lowest BCUT2D eigenvalue weighted by atomic mass is 9.94. The number of carbonyl (C=O) groups excluding carboxylic acids is 2. The number of β-lactam (4-membered cyclic amide) rings is 1. The molecular formula is C23H20BrN6O5S3+. The highest BCUT2D eigenvalue weighted by Gasteiger charge is 2.54. The van der Waals surface area contributed by atoms with Gasteiger partial charge in [-0.2, -0.15) is 4.40 Å². The number of carboxylic acid groups (broad SMARTS) is 1. The quantitative estimate of drug-likeness (QED) is 0.111. The van der Waals surface area contributed by atoms with E-state index < -0.39 is 29.9 Å². The first-order valence-electron chi connectivity index (χ1n) is 11.1. The Bertz CT molecular complexity index is 1530. The van der Waals surface area contributed by atoms with Crippen LogP contribution in [0.4, 0.5) is 5.13 Å². The lowest BCUT2D eigenvalue weighted by molar-refractivity contribution is -0.512. The van der Waals surface area contributed by atoms with Crippen molar-refractivity contribution in [2.75, 3.05) is 24.3 Å². The predicted octanol–water partition coefficient (Wildman–Crippen LogP) is 2.11. The Balaban J connectivity index is 1.32. The van der Waals surface area contributed by atoms with E-state index in [1.807, 2.05) is 41.1 Å². The van der Waals surface area contributed by atoms with Crippen molar-refractivity contribution in [1.29, 1.82) is 0 Å². The smallest absolute Gasteiger partial charge is 0.353 e. The van der Waals surface area contributed by atoms with Gasteiger partial charge >= 0.3 is 5.97 Å². The number of thioether (sulfide) groups is 2. The van der Waals surface area contributed by atoms with Crippen molar-refractivity contribution in [2.45, 2.75) is 17.0 Å². The molecule has 0 aromatic carbocycles. The van der Waals surface area contributed by atoms with Crippen LogP contribution in [-0.2, 0) is 19.2 Å². The minimum absolute atomic E-state index is 0.0569. The van der Waals surface area contributed by atoms with Gasteiger partial charge < -0.3 is 21.0 Å². The molecule has 0 radical (unpaired) electrons. The van der Waals surface area contributed by atoms with Crippen molar-refractivity contribution in [1.82, 2.24) is 15.2 Å². The molecule has 0 spiro atoms. The van der Waals surface area contributed by atoms with E-state index >= 15 is 0 Å². The highest BCUT2D eigenvalue weighted by atomic mass is 79.9. The number of fused-ring (bicyclic) bond motifs is 2. The molecule has 2 unspecified atom stereocenters. The summed E-state index contributed by atoms with van der Waals surface area (Å²) in [7, 11) is 1.29. The zero-order valence-corrected chi connectivity index (χ0v) is 23.7. The minimum atomic E-state index is -1.19. The van der Waals surface area contributed by atoms with Crippen LogP contribution in [-0.4, -0.2) is 69.2 Å². The Kier molecular flexibility index (Phi) is 7.61. The number of carbonyl (C=O) groups is 3. The molecule has 5 heterocycles. The van der Waals surface area contributed by atoms with Crippen LogP contribution in [0.1, 0.15) is 5.69 Å². The summed E-state index contributed by atoms with van der Waals surface area (Å²) in [4.78, 5) is 49.8. The number of amides is 2. The van der Waals surface area contributed by atoms with Crippen molar-refractivity contribution in [3.8, 4) is 0 Å². The molecule has 0 saturated carbocycles. The van der Waals surface area contributed by atoms with Gasteiger partial charge in [0.2, 0.25) is 5.52 Å². The number of pyridine rings is 2. The number of hydrogen-bond donors (Lipinski definition) is 3. The Hall–Kier alpha value is -3.14. The molecule has 3 aromatic heterocycles. The average Bonchev–Trinajstić information content (AvgIpc) is 3.34. The van der Waals surface area contributed by atoms with Crippen LogP contribution in [0.25, 0.3) is 5.52 Å². The Morgan fingerprint density at radius 2 is 2.21 bits per heavy atom. The number of rotatable bonds is 8. The number of halogens is 1. The Labute approximate surface area is 237 Å². The molecule has 5 rings (SSSR count). The standard InChI is InChI=1S/C23H19BrN6O5S3/c1-35-28-17(11-8-38-23(25)26-11)20(31)27-18-13-9-36-15(19(22(33)34)30(13)21(18)32)10-37-14-5-7-29-6-3-2-4-12(29)16(14)24/h2-8,13,18H,9-10H2,1H3,(H3-,25,26,27,31,33,34)/p+1. The third kappa shape index (κ3) is 4.86. The number of hydrogen-bond acceptors (Lipinski definition) is 10. The highest BCUT2D eigenvalue weighted by molar-refractivity contribution is 9.10. The highest BCUT2D eigenvalue weighted by Crippen LogP contribution is 2.42. The zero-order chi connectivity index (χ0) is 27.0. The second-order valence-corrected chi connectivity index (χ2v) is 11.9. The summed E-state index contributed by atoms with van der Waals surface area (Å²) < 4.78 is 2.88. The second kappa shape index (κ2) is 10.9. The molecule has 38 heavy (non-hydrogen) atoms. The first kappa shape index (κ1) is 26.5. The number of oxime groups is 1. The lowest BCUT2D eigenvalue weighted by Gasteiger charge is -2.49. The van der Waals surface area contributed by atoms with Crippen LogP contribution in [0, 0.1) is 0 Å². The number of aliphatic carboxylic acids is 1. The number of anilines is 1. The maximum absolute atomic E-state index is 13.1. The molecule has 15 heteroatoms. The molecular weight excluding hydrogens is 616 g/mol. The van der Waals surface area contributed by atoms with Gasteiger partial charge in [0.25, 0.3) is 11.8 Å². The van der Waals surface area contributed by atoms with Crippen LogP contribution in [0.3, 0.4) is 0 Å². The van der Waals surface area contributed by atoms with Crippen molar-refractivity contribution in [2.24, 2.45) is 5.16 Å². The summed E-state index contributed by atoms with van der Waals surface area (Å²) in [5.74, 6) is -1.55. The molecule has 2 aliphatic rings. The van der Waals surface area contributed by atoms with E-state index in [4.69, 9.17) is 10.6 Å². The van der Waals surface area contributed by atoms with Crippen molar-refractivity contribution >= 4 is 84.9 Å². The van der Waals surface area contributed by atoms with E-state index in [-0.39, 0.29) is 22.2 Å². The van der Waals surface area contributed by atoms with Gasteiger partial charge in [-0.15, -0.1) is 34.9 Å². The fourth-order valence-electron chi connectivity index (χ4n) is 4.15. The third-order valence-corrected chi connectivity index (χ3v) is 10.1. The SMILES string of the molecule is CON=C(C(=O)NC1C(=O)N2C(C(=O)O)=C(CSc3cc[n+]4ccccc4c3Br)SCC12)c1csc(N)n1. The molecule has 4 N–H and O–H groups in total. The van der Waals surface area contributed by atoms with E-state index in [9.17, 15) is 19.5 Å². The Morgan fingerprint density at radius 1 is 1.39 bits per heavy atom. The van der Waals surface area contributed by atoms with E-state index in [1.165, 1.54) is 35.5 Å². The Morgan fingerprint density at radius 3 is 2.92 bits per heavy atom. The monoisotopic (exact) mass is 635 g/mol. The maximum Gasteiger partial charge on any atom is 0.353 e. The largest absolute Gasteiger partial charge is 0.477 e. The molecule has 2 atom stereocenters. The number of aromatic nitrogens is 2. The zero-order valence-electron chi connectivity index (χ0n) is 19.7. The van der Waals surface area contributed by atoms with Gasteiger partial charge in [-0.05, 0) is 22.0 Å². The molecule has 1 saturated heterocycles. The van der Waals surface area contributed by atoms with Gasteiger partial charge in [-0.25, -0.2) is 9.78 Å². The molecule has 3 aromatic rings. The third-order valence-electron chi connectivity index (χ3n) is 5.88. The summed E-state index contributed by atoms with van der Waals surface area (Å²) in [6.45, 7) is 0. The van der Waals surface area contributed by atoms with E-state index in [0.29, 0.717) is 16.4 Å². The summed E-state index contributed by atoms with van der Waals surface area (Å²) in [5.41, 5.74) is 6.68. The van der Waals surface area contributed by atoms with Gasteiger partial charge in [-0.1, -0.05) is 5.16 Å². The molecule has 196 valence electrons. The molecule has 0 bridgehead atoms. The second-order valence-electron chi connectivity index (χ2n) is 8.08. The first-order valence-corrected chi connectivity index (χ1v) is 14.7. The summed E-state index contributed by atoms with van der Waals surface area (Å²) >= 11 is 7.64. The predicted molar refractivity (Wildman–Crippen MR) is 148 cm³/mol. The van der Waals surface area contributed by atoms with E-state index in [0.717, 1.165) is 26.2 Å².